The number of ether oxygens (including phenoxy) is 3. The molecule has 4 rings (SSSR count). The molecule has 0 saturated carbocycles. The molecule has 0 radical (unpaired) electrons. The third kappa shape index (κ3) is 4.43. The van der Waals surface area contributed by atoms with Gasteiger partial charge in [0, 0.05) is 37.3 Å². The number of anilines is 1. The molecule has 2 aromatic heterocycles. The Balaban J connectivity index is 1.35. The smallest absolute Gasteiger partial charge is 0.242 e. The molecule has 0 fully saturated rings. The normalized spacial score (nSPS) is 13.0. The van der Waals surface area contributed by atoms with Gasteiger partial charge in [-0.2, -0.15) is 4.98 Å². The fraction of sp³-hybridized carbons (Fsp3) is 0.300. The molecule has 30 heavy (non-hydrogen) atoms. The van der Waals surface area contributed by atoms with Crippen molar-refractivity contribution in [1.29, 1.82) is 0 Å². The molecule has 1 aliphatic heterocycles. The summed E-state index contributed by atoms with van der Waals surface area (Å²) in [7, 11) is 1.79. The minimum Gasteiger partial charge on any atom is -0.471 e. The number of imidazole rings is 1. The van der Waals surface area contributed by atoms with E-state index in [9.17, 15) is 4.79 Å². The summed E-state index contributed by atoms with van der Waals surface area (Å²) in [6.07, 6.45) is 4.52. The second-order valence-electron chi connectivity index (χ2n) is 6.84. The molecule has 1 aliphatic rings. The predicted molar refractivity (Wildman–Crippen MR) is 108 cm³/mol. The topological polar surface area (TPSA) is 104 Å². The van der Waals surface area contributed by atoms with Crippen LogP contribution in [-0.2, 0) is 4.79 Å². The molecule has 1 atom stereocenters. The molecular formula is C20H22N6O4. The number of hydrogen-bond donors (Lipinski definition) is 1. The highest BCUT2D eigenvalue weighted by Gasteiger charge is 2.17. The van der Waals surface area contributed by atoms with Crippen molar-refractivity contribution in [3.63, 3.8) is 0 Å². The molecule has 3 heterocycles. The molecule has 1 amide bonds. The number of likely N-dealkylation sites (N-methyl/N-ethyl adjacent to an activating group) is 1. The first-order valence-electron chi connectivity index (χ1n) is 9.39. The van der Waals surface area contributed by atoms with E-state index in [0.29, 0.717) is 29.0 Å². The number of carbonyl (C=O) groups is 1. The van der Waals surface area contributed by atoms with Crippen molar-refractivity contribution in [2.24, 2.45) is 0 Å². The van der Waals surface area contributed by atoms with Crippen molar-refractivity contribution in [3.8, 4) is 23.2 Å². The Morgan fingerprint density at radius 3 is 2.93 bits per heavy atom. The maximum atomic E-state index is 12.5. The van der Waals surface area contributed by atoms with E-state index in [1.54, 1.807) is 60.4 Å². The van der Waals surface area contributed by atoms with Crippen LogP contribution in [0.15, 0.2) is 43.0 Å². The van der Waals surface area contributed by atoms with E-state index in [1.165, 1.54) is 0 Å². The SMILES string of the molecule is Cc1cc(N(C)CC(=O)NC(C)Oc2ccc3c(c2)OCO3)nc(-n2ccnc2)n1. The molecule has 10 heteroatoms. The van der Waals surface area contributed by atoms with Crippen LogP contribution in [0.25, 0.3) is 5.95 Å². The molecular weight excluding hydrogens is 388 g/mol. The second kappa shape index (κ2) is 8.27. The number of rotatable bonds is 7. The average molecular weight is 410 g/mol. The van der Waals surface area contributed by atoms with E-state index in [0.717, 1.165) is 5.69 Å². The third-order valence-electron chi connectivity index (χ3n) is 4.36. The number of fused-ring (bicyclic) bond motifs is 1. The van der Waals surface area contributed by atoms with Gasteiger partial charge in [-0.05, 0) is 26.0 Å². The second-order valence-corrected chi connectivity index (χ2v) is 6.84. The van der Waals surface area contributed by atoms with Gasteiger partial charge in [0.05, 0.1) is 6.54 Å². The van der Waals surface area contributed by atoms with Gasteiger partial charge in [-0.1, -0.05) is 0 Å². The molecule has 156 valence electrons. The summed E-state index contributed by atoms with van der Waals surface area (Å²) >= 11 is 0. The van der Waals surface area contributed by atoms with E-state index < -0.39 is 6.23 Å². The molecule has 0 bridgehead atoms. The molecule has 0 spiro atoms. The van der Waals surface area contributed by atoms with Crippen molar-refractivity contribution in [2.75, 3.05) is 25.3 Å². The molecule has 3 aromatic rings. The Hall–Kier alpha value is -3.82. The number of benzene rings is 1. The minimum atomic E-state index is -0.528. The zero-order valence-corrected chi connectivity index (χ0v) is 16.9. The van der Waals surface area contributed by atoms with Crippen molar-refractivity contribution < 1.29 is 19.0 Å². The van der Waals surface area contributed by atoms with E-state index in [4.69, 9.17) is 14.2 Å². The molecule has 0 saturated heterocycles. The van der Waals surface area contributed by atoms with Gasteiger partial charge in [0.15, 0.2) is 17.7 Å². The Bertz CT molecular complexity index is 1040. The summed E-state index contributed by atoms with van der Waals surface area (Å²) in [6, 6.07) is 7.09. The maximum Gasteiger partial charge on any atom is 0.242 e. The molecule has 0 aliphatic carbocycles. The van der Waals surface area contributed by atoms with E-state index >= 15 is 0 Å². The highest BCUT2D eigenvalue weighted by atomic mass is 16.7. The van der Waals surface area contributed by atoms with Gasteiger partial charge < -0.3 is 24.4 Å². The van der Waals surface area contributed by atoms with Gasteiger partial charge in [-0.15, -0.1) is 0 Å². The first-order chi connectivity index (χ1) is 14.5. The fourth-order valence-corrected chi connectivity index (χ4v) is 2.98. The monoisotopic (exact) mass is 410 g/mol. The first kappa shape index (κ1) is 19.5. The Morgan fingerprint density at radius 1 is 1.30 bits per heavy atom. The van der Waals surface area contributed by atoms with E-state index in [-0.39, 0.29) is 19.2 Å². The number of hydrogen-bond acceptors (Lipinski definition) is 8. The molecule has 1 N–H and O–H groups in total. The molecule has 1 aromatic carbocycles. The summed E-state index contributed by atoms with van der Waals surface area (Å²) in [5.74, 6) is 2.80. The Labute approximate surface area is 173 Å². The van der Waals surface area contributed by atoms with Gasteiger partial charge >= 0.3 is 0 Å². The third-order valence-corrected chi connectivity index (χ3v) is 4.36. The highest BCUT2D eigenvalue weighted by Crippen LogP contribution is 2.35. The van der Waals surface area contributed by atoms with Gasteiger partial charge in [0.1, 0.15) is 17.9 Å². The quantitative estimate of drug-likeness (QED) is 0.587. The predicted octanol–water partition coefficient (Wildman–Crippen LogP) is 1.68. The lowest BCUT2D eigenvalue weighted by Gasteiger charge is -2.21. The van der Waals surface area contributed by atoms with E-state index in [2.05, 4.69) is 20.3 Å². The lowest BCUT2D eigenvalue weighted by molar-refractivity contribution is -0.121. The van der Waals surface area contributed by atoms with Crippen molar-refractivity contribution in [1.82, 2.24) is 24.8 Å². The van der Waals surface area contributed by atoms with Gasteiger partial charge in [0.2, 0.25) is 18.6 Å². The molecule has 10 nitrogen and oxygen atoms in total. The summed E-state index contributed by atoms with van der Waals surface area (Å²) in [6.45, 7) is 3.94. The Morgan fingerprint density at radius 2 is 2.13 bits per heavy atom. The number of amides is 1. The largest absolute Gasteiger partial charge is 0.471 e. The van der Waals surface area contributed by atoms with Crippen LogP contribution in [0.4, 0.5) is 5.82 Å². The van der Waals surface area contributed by atoms with Crippen LogP contribution in [0.3, 0.4) is 0 Å². The highest BCUT2D eigenvalue weighted by molar-refractivity contribution is 5.81. The standard InChI is InChI=1S/C20H22N6O4/c1-13-8-18(24-20(22-13)26-7-6-21-11-26)25(3)10-19(27)23-14(2)30-15-4-5-16-17(9-15)29-12-28-16/h4-9,11,14H,10,12H2,1-3H3,(H,23,27). The van der Waals surface area contributed by atoms with Crippen LogP contribution in [0, 0.1) is 6.92 Å². The van der Waals surface area contributed by atoms with Crippen LogP contribution >= 0.6 is 0 Å². The number of aryl methyl sites for hydroxylation is 1. The van der Waals surface area contributed by atoms with Crippen LogP contribution in [0.1, 0.15) is 12.6 Å². The lowest BCUT2D eigenvalue weighted by Crippen LogP contribution is -2.42. The van der Waals surface area contributed by atoms with Crippen molar-refractivity contribution in [2.45, 2.75) is 20.1 Å². The summed E-state index contributed by atoms with van der Waals surface area (Å²) in [5, 5.41) is 2.82. The van der Waals surface area contributed by atoms with E-state index in [1.807, 2.05) is 13.0 Å². The van der Waals surface area contributed by atoms with Gasteiger partial charge in [0.25, 0.3) is 0 Å². The van der Waals surface area contributed by atoms with Crippen molar-refractivity contribution in [3.05, 3.63) is 48.7 Å². The zero-order valence-electron chi connectivity index (χ0n) is 16.9. The number of nitrogens with zero attached hydrogens (tertiary/aromatic N) is 5. The average Bonchev–Trinajstić information content (AvgIpc) is 3.38. The number of nitrogens with one attached hydrogen (secondary N) is 1. The van der Waals surface area contributed by atoms with Gasteiger partial charge in [-0.25, -0.2) is 9.97 Å². The summed E-state index contributed by atoms with van der Waals surface area (Å²) in [4.78, 5) is 27.2. The summed E-state index contributed by atoms with van der Waals surface area (Å²) < 4.78 is 18.1. The van der Waals surface area contributed by atoms with Crippen LogP contribution in [0.5, 0.6) is 17.2 Å². The fourth-order valence-electron chi connectivity index (χ4n) is 2.98. The number of aromatic nitrogens is 4. The van der Waals surface area contributed by atoms with Gasteiger partial charge in [-0.3, -0.25) is 9.36 Å². The van der Waals surface area contributed by atoms with Crippen LogP contribution < -0.4 is 24.4 Å². The van der Waals surface area contributed by atoms with Crippen molar-refractivity contribution >= 4 is 11.7 Å². The van der Waals surface area contributed by atoms with Crippen LogP contribution in [0.2, 0.25) is 0 Å². The van der Waals surface area contributed by atoms with Crippen LogP contribution in [-0.4, -0.2) is 52.0 Å². The minimum absolute atomic E-state index is 0.106. The maximum absolute atomic E-state index is 12.5. The Kier molecular flexibility index (Phi) is 5.38. The lowest BCUT2D eigenvalue weighted by atomic mass is 10.3. The first-order valence-corrected chi connectivity index (χ1v) is 9.39. The summed E-state index contributed by atoms with van der Waals surface area (Å²) in [5.41, 5.74) is 0.787. The molecule has 1 unspecified atom stereocenters. The zero-order chi connectivity index (χ0) is 21.1. The number of carbonyl (C=O) groups excluding carboxylic acids is 1.